The van der Waals surface area contributed by atoms with Crippen LogP contribution in [0.25, 0.3) is 0 Å². The predicted molar refractivity (Wildman–Crippen MR) is 121 cm³/mol. The van der Waals surface area contributed by atoms with Crippen molar-refractivity contribution >= 4 is 5.91 Å². The van der Waals surface area contributed by atoms with Gasteiger partial charge in [0.25, 0.3) is 5.91 Å². The van der Waals surface area contributed by atoms with E-state index < -0.39 is 0 Å². The normalized spacial score (nSPS) is 16.7. The molecule has 0 bridgehead atoms. The van der Waals surface area contributed by atoms with Crippen LogP contribution in [0.1, 0.15) is 35.2 Å². The number of likely N-dealkylation sites (N-methyl/N-ethyl adjacent to an activating group) is 1. The SMILES string of the molecule is COc1ccc(C(=O)N2CCCCC(N(C)C)C2)cc1Oc1cccc(OC)c1CN. The lowest BCUT2D eigenvalue weighted by Gasteiger charge is -2.28. The van der Waals surface area contributed by atoms with Crippen LogP contribution in [-0.2, 0) is 6.54 Å². The van der Waals surface area contributed by atoms with Gasteiger partial charge in [-0.05, 0) is 57.3 Å². The molecule has 1 amide bonds. The van der Waals surface area contributed by atoms with Gasteiger partial charge in [0.15, 0.2) is 11.5 Å². The summed E-state index contributed by atoms with van der Waals surface area (Å²) in [7, 11) is 7.32. The van der Waals surface area contributed by atoms with E-state index in [1.165, 1.54) is 0 Å². The first-order valence-electron chi connectivity index (χ1n) is 10.7. The van der Waals surface area contributed by atoms with Crippen molar-refractivity contribution in [3.05, 3.63) is 47.5 Å². The number of carbonyl (C=O) groups excluding carboxylic acids is 1. The van der Waals surface area contributed by atoms with E-state index in [4.69, 9.17) is 19.9 Å². The number of likely N-dealkylation sites (tertiary alicyclic amines) is 1. The van der Waals surface area contributed by atoms with E-state index >= 15 is 0 Å². The van der Waals surface area contributed by atoms with Crippen LogP contribution >= 0.6 is 0 Å². The fourth-order valence-corrected chi connectivity index (χ4v) is 3.95. The summed E-state index contributed by atoms with van der Waals surface area (Å²) in [4.78, 5) is 17.5. The lowest BCUT2D eigenvalue weighted by atomic mass is 10.1. The molecule has 1 atom stereocenters. The Balaban J connectivity index is 1.89. The van der Waals surface area contributed by atoms with Crippen LogP contribution in [0.15, 0.2) is 36.4 Å². The summed E-state index contributed by atoms with van der Waals surface area (Å²) in [6, 6.07) is 11.2. The zero-order chi connectivity index (χ0) is 22.4. The van der Waals surface area contributed by atoms with Crippen LogP contribution in [0.3, 0.4) is 0 Å². The molecule has 0 aromatic heterocycles. The summed E-state index contributed by atoms with van der Waals surface area (Å²) >= 11 is 0. The Hall–Kier alpha value is -2.77. The van der Waals surface area contributed by atoms with Gasteiger partial charge in [0.1, 0.15) is 11.5 Å². The van der Waals surface area contributed by atoms with Gasteiger partial charge in [0, 0.05) is 31.2 Å². The average molecular weight is 428 g/mol. The molecule has 31 heavy (non-hydrogen) atoms. The summed E-state index contributed by atoms with van der Waals surface area (Å²) < 4.78 is 17.0. The molecule has 3 rings (SSSR count). The number of hydrogen-bond acceptors (Lipinski definition) is 6. The molecule has 168 valence electrons. The van der Waals surface area contributed by atoms with Crippen LogP contribution in [0.4, 0.5) is 0 Å². The second kappa shape index (κ2) is 10.5. The smallest absolute Gasteiger partial charge is 0.254 e. The van der Waals surface area contributed by atoms with Crippen LogP contribution in [-0.4, -0.2) is 63.2 Å². The summed E-state index contributed by atoms with van der Waals surface area (Å²) in [5.41, 5.74) is 7.25. The van der Waals surface area contributed by atoms with Gasteiger partial charge in [-0.15, -0.1) is 0 Å². The quantitative estimate of drug-likeness (QED) is 0.729. The number of ether oxygens (including phenoxy) is 3. The van der Waals surface area contributed by atoms with Crippen molar-refractivity contribution in [3.8, 4) is 23.0 Å². The third-order valence-corrected chi connectivity index (χ3v) is 5.81. The van der Waals surface area contributed by atoms with E-state index in [0.717, 1.165) is 37.9 Å². The molecule has 2 aromatic rings. The zero-order valence-corrected chi connectivity index (χ0v) is 18.9. The molecule has 0 spiro atoms. The van der Waals surface area contributed by atoms with Gasteiger partial charge in [0.05, 0.1) is 19.8 Å². The molecule has 2 N–H and O–H groups in total. The number of amides is 1. The van der Waals surface area contributed by atoms with Crippen molar-refractivity contribution < 1.29 is 19.0 Å². The van der Waals surface area contributed by atoms with Crippen LogP contribution < -0.4 is 19.9 Å². The van der Waals surface area contributed by atoms with Crippen molar-refractivity contribution in [1.82, 2.24) is 9.80 Å². The van der Waals surface area contributed by atoms with Gasteiger partial charge in [-0.25, -0.2) is 0 Å². The second-order valence-corrected chi connectivity index (χ2v) is 7.97. The first kappa shape index (κ1) is 22.9. The minimum absolute atomic E-state index is 0.00550. The van der Waals surface area contributed by atoms with E-state index in [2.05, 4.69) is 19.0 Å². The summed E-state index contributed by atoms with van der Waals surface area (Å²) in [6.45, 7) is 1.75. The monoisotopic (exact) mass is 427 g/mol. The first-order chi connectivity index (χ1) is 15.0. The Morgan fingerprint density at radius 1 is 1.06 bits per heavy atom. The van der Waals surface area contributed by atoms with Crippen molar-refractivity contribution in [1.29, 1.82) is 0 Å². The molecule has 2 aromatic carbocycles. The van der Waals surface area contributed by atoms with Crippen molar-refractivity contribution in [2.45, 2.75) is 31.8 Å². The standard InChI is InChI=1S/C24H33N3O4/c1-26(2)18-8-5-6-13-27(16-18)24(28)17-11-12-22(30-4)23(14-17)31-21-10-7-9-20(29-3)19(21)15-25/h7,9-12,14,18H,5-6,8,13,15-16,25H2,1-4H3. The van der Waals surface area contributed by atoms with E-state index in [9.17, 15) is 4.79 Å². The summed E-state index contributed by atoms with van der Waals surface area (Å²) in [5, 5.41) is 0. The number of hydrogen-bond donors (Lipinski definition) is 1. The van der Waals surface area contributed by atoms with Gasteiger partial charge in [0.2, 0.25) is 0 Å². The molecule has 1 aliphatic rings. The molecule has 1 fully saturated rings. The summed E-state index contributed by atoms with van der Waals surface area (Å²) in [6.07, 6.45) is 3.24. The third kappa shape index (κ3) is 5.29. The molecule has 1 unspecified atom stereocenters. The number of methoxy groups -OCH3 is 2. The van der Waals surface area contributed by atoms with Gasteiger partial charge in [-0.1, -0.05) is 12.5 Å². The van der Waals surface area contributed by atoms with Gasteiger partial charge in [-0.2, -0.15) is 0 Å². The van der Waals surface area contributed by atoms with Crippen LogP contribution in [0.2, 0.25) is 0 Å². The van der Waals surface area contributed by atoms with Crippen molar-refractivity contribution in [2.75, 3.05) is 41.4 Å². The second-order valence-electron chi connectivity index (χ2n) is 7.97. The fraction of sp³-hybridized carbons (Fsp3) is 0.458. The Kier molecular flexibility index (Phi) is 7.76. The molecule has 7 nitrogen and oxygen atoms in total. The number of nitrogens with two attached hydrogens (primary N) is 1. The maximum Gasteiger partial charge on any atom is 0.254 e. The lowest BCUT2D eigenvalue weighted by Crippen LogP contribution is -2.41. The topological polar surface area (TPSA) is 77.3 Å². The molecule has 1 heterocycles. The van der Waals surface area contributed by atoms with E-state index in [1.54, 1.807) is 32.4 Å². The highest BCUT2D eigenvalue weighted by Gasteiger charge is 2.25. The van der Waals surface area contributed by atoms with Gasteiger partial charge >= 0.3 is 0 Å². The van der Waals surface area contributed by atoms with Crippen LogP contribution in [0, 0.1) is 0 Å². The largest absolute Gasteiger partial charge is 0.496 e. The highest BCUT2D eigenvalue weighted by atomic mass is 16.5. The highest BCUT2D eigenvalue weighted by Crippen LogP contribution is 2.37. The Morgan fingerprint density at radius 2 is 1.81 bits per heavy atom. The predicted octanol–water partition coefficient (Wildman–Crippen LogP) is 3.51. The molecular formula is C24H33N3O4. The molecule has 7 heteroatoms. The maximum absolute atomic E-state index is 13.3. The molecule has 0 radical (unpaired) electrons. The van der Waals surface area contributed by atoms with E-state index in [0.29, 0.717) is 34.6 Å². The molecular weight excluding hydrogens is 394 g/mol. The molecule has 1 saturated heterocycles. The lowest BCUT2D eigenvalue weighted by molar-refractivity contribution is 0.0725. The fourth-order valence-electron chi connectivity index (χ4n) is 3.95. The Morgan fingerprint density at radius 3 is 2.48 bits per heavy atom. The first-order valence-corrected chi connectivity index (χ1v) is 10.7. The van der Waals surface area contributed by atoms with Crippen molar-refractivity contribution in [3.63, 3.8) is 0 Å². The number of nitrogens with zero attached hydrogens (tertiary/aromatic N) is 2. The van der Waals surface area contributed by atoms with E-state index in [1.807, 2.05) is 23.1 Å². The van der Waals surface area contributed by atoms with Crippen molar-refractivity contribution in [2.24, 2.45) is 5.73 Å². The molecule has 0 saturated carbocycles. The molecule has 0 aliphatic carbocycles. The summed E-state index contributed by atoms with van der Waals surface area (Å²) in [5.74, 6) is 2.25. The number of carbonyl (C=O) groups is 1. The average Bonchev–Trinajstić information content (AvgIpc) is 3.05. The van der Waals surface area contributed by atoms with Gasteiger partial charge < -0.3 is 29.7 Å². The minimum Gasteiger partial charge on any atom is -0.496 e. The number of rotatable bonds is 7. The maximum atomic E-state index is 13.3. The highest BCUT2D eigenvalue weighted by molar-refractivity contribution is 5.95. The Bertz CT molecular complexity index is 900. The van der Waals surface area contributed by atoms with E-state index in [-0.39, 0.29) is 12.5 Å². The number of benzene rings is 2. The molecule has 1 aliphatic heterocycles. The zero-order valence-electron chi connectivity index (χ0n) is 18.9. The van der Waals surface area contributed by atoms with Gasteiger partial charge in [-0.3, -0.25) is 4.79 Å². The van der Waals surface area contributed by atoms with Crippen LogP contribution in [0.5, 0.6) is 23.0 Å². The third-order valence-electron chi connectivity index (χ3n) is 5.81. The Labute approximate surface area is 184 Å². The minimum atomic E-state index is 0.00550.